The number of terminal acetylenes is 1. The Morgan fingerprint density at radius 1 is 1.08 bits per heavy atom. The molecule has 0 aromatic heterocycles. The van der Waals surface area contributed by atoms with E-state index in [1.165, 1.54) is 12.1 Å². The molecule has 0 fully saturated rings. The minimum Gasteiger partial charge on any atom is -0.508 e. The number of aromatic hydroxyl groups is 1. The number of nitrogens with one attached hydrogen (secondary N) is 2. The van der Waals surface area contributed by atoms with Crippen molar-refractivity contribution in [1.82, 2.24) is 15.5 Å². The fourth-order valence-corrected chi connectivity index (χ4v) is 3.56. The zero-order valence-corrected chi connectivity index (χ0v) is 21.7. The summed E-state index contributed by atoms with van der Waals surface area (Å²) in [5, 5.41) is 15.4. The monoisotopic (exact) mass is 493 g/mol. The van der Waals surface area contributed by atoms with Crippen LogP contribution in [0.3, 0.4) is 0 Å². The highest BCUT2D eigenvalue weighted by molar-refractivity contribution is 5.93. The molecule has 0 aliphatic rings. The van der Waals surface area contributed by atoms with Gasteiger partial charge in [0.1, 0.15) is 23.4 Å². The molecule has 8 heteroatoms. The summed E-state index contributed by atoms with van der Waals surface area (Å²) in [7, 11) is 0. The maximum absolute atomic E-state index is 13.8. The summed E-state index contributed by atoms with van der Waals surface area (Å²) in [5.74, 6) is -1.09. The van der Waals surface area contributed by atoms with Crippen molar-refractivity contribution in [1.29, 1.82) is 0 Å². The Labute approximate surface area is 213 Å². The standard InChI is InChI=1S/C28H35N3O5/c1-8-31(24(25(33)29-18(2)3)21-14-15-23(32)19(4)16-21)26(34)22(17-20-12-10-9-11-13-20)30-27(35)36-28(5,6)7/h1,9-16,18,22,24,32H,17H2,2-7H3,(H,29,33)(H,30,35). The number of alkyl carbamates (subject to hydrolysis) is 1. The number of rotatable bonds is 8. The number of amides is 3. The van der Waals surface area contributed by atoms with Gasteiger partial charge in [-0.1, -0.05) is 42.8 Å². The highest BCUT2D eigenvalue weighted by atomic mass is 16.6. The molecule has 3 amide bonds. The first-order valence-corrected chi connectivity index (χ1v) is 11.7. The number of aryl methyl sites for hydroxylation is 1. The molecule has 0 radical (unpaired) electrons. The molecule has 2 aromatic carbocycles. The first-order valence-electron chi connectivity index (χ1n) is 11.7. The lowest BCUT2D eigenvalue weighted by Crippen LogP contribution is -2.52. The molecule has 0 bridgehead atoms. The van der Waals surface area contributed by atoms with Gasteiger partial charge >= 0.3 is 6.09 Å². The maximum Gasteiger partial charge on any atom is 0.408 e. The van der Waals surface area contributed by atoms with Gasteiger partial charge in [-0.3, -0.25) is 14.5 Å². The summed E-state index contributed by atoms with van der Waals surface area (Å²) in [6.07, 6.45) is 5.14. The van der Waals surface area contributed by atoms with E-state index >= 15 is 0 Å². The SMILES string of the molecule is C#CN(C(=O)C(Cc1ccccc1)NC(=O)OC(C)(C)C)C(C(=O)NC(C)C)c1ccc(O)c(C)c1. The molecule has 36 heavy (non-hydrogen) atoms. The molecule has 2 aromatic rings. The van der Waals surface area contributed by atoms with Crippen molar-refractivity contribution in [2.45, 2.75) is 71.7 Å². The molecule has 8 nitrogen and oxygen atoms in total. The number of phenols is 1. The van der Waals surface area contributed by atoms with Crippen LogP contribution in [0.1, 0.15) is 57.4 Å². The quantitative estimate of drug-likeness (QED) is 0.383. The molecule has 3 N–H and O–H groups in total. The summed E-state index contributed by atoms with van der Waals surface area (Å²) in [6.45, 7) is 10.4. The summed E-state index contributed by atoms with van der Waals surface area (Å²) < 4.78 is 5.36. The Hall–Kier alpha value is -3.99. The van der Waals surface area contributed by atoms with Gasteiger partial charge in [-0.05, 0) is 70.4 Å². The molecular formula is C28H35N3O5. The second kappa shape index (κ2) is 12.1. The molecule has 0 aliphatic carbocycles. The van der Waals surface area contributed by atoms with Crippen LogP contribution in [0, 0.1) is 19.4 Å². The summed E-state index contributed by atoms with van der Waals surface area (Å²) >= 11 is 0. The average Bonchev–Trinajstić information content (AvgIpc) is 2.77. The third-order valence-corrected chi connectivity index (χ3v) is 5.12. The minimum atomic E-state index is -1.19. The molecule has 2 rings (SSSR count). The summed E-state index contributed by atoms with van der Waals surface area (Å²) in [6, 6.07) is 13.5. The molecule has 192 valence electrons. The predicted octanol–water partition coefficient (Wildman–Crippen LogP) is 3.82. The van der Waals surface area contributed by atoms with E-state index < -0.39 is 35.6 Å². The fourth-order valence-electron chi connectivity index (χ4n) is 3.56. The normalized spacial score (nSPS) is 12.7. The second-order valence-corrected chi connectivity index (χ2v) is 9.84. The van der Waals surface area contributed by atoms with Crippen LogP contribution >= 0.6 is 0 Å². The predicted molar refractivity (Wildman–Crippen MR) is 138 cm³/mol. The van der Waals surface area contributed by atoms with Crippen LogP contribution in [-0.4, -0.2) is 45.6 Å². The smallest absolute Gasteiger partial charge is 0.408 e. The molecule has 0 aliphatic heterocycles. The van der Waals surface area contributed by atoms with Crippen LogP contribution in [-0.2, 0) is 20.7 Å². The van der Waals surface area contributed by atoms with Crippen molar-refractivity contribution in [3.8, 4) is 18.2 Å². The van der Waals surface area contributed by atoms with Crippen LogP contribution in [0.4, 0.5) is 4.79 Å². The highest BCUT2D eigenvalue weighted by Crippen LogP contribution is 2.27. The number of carbonyl (C=O) groups excluding carboxylic acids is 3. The van der Waals surface area contributed by atoms with Gasteiger partial charge in [-0.15, -0.1) is 0 Å². The van der Waals surface area contributed by atoms with E-state index in [1.807, 2.05) is 30.3 Å². The number of phenolic OH excluding ortho intramolecular Hbond substituents is 1. The van der Waals surface area contributed by atoms with Gasteiger partial charge in [0.2, 0.25) is 5.91 Å². The first-order chi connectivity index (χ1) is 16.8. The van der Waals surface area contributed by atoms with E-state index in [0.717, 1.165) is 10.5 Å². The van der Waals surface area contributed by atoms with Gasteiger partial charge < -0.3 is 20.5 Å². The molecule has 0 saturated heterocycles. The first kappa shape index (κ1) is 28.2. The van der Waals surface area contributed by atoms with E-state index in [-0.39, 0.29) is 18.2 Å². The van der Waals surface area contributed by atoms with Crippen molar-refractivity contribution in [2.75, 3.05) is 0 Å². The van der Waals surface area contributed by atoms with Crippen molar-refractivity contribution in [3.05, 3.63) is 65.2 Å². The Morgan fingerprint density at radius 2 is 1.72 bits per heavy atom. The number of nitrogens with zero attached hydrogens (tertiary/aromatic N) is 1. The number of benzene rings is 2. The fraction of sp³-hybridized carbons (Fsp3) is 0.393. The van der Waals surface area contributed by atoms with Gasteiger partial charge in [0.05, 0.1) is 0 Å². The lowest BCUT2D eigenvalue weighted by Gasteiger charge is -2.31. The number of carbonyl (C=O) groups is 3. The van der Waals surface area contributed by atoms with E-state index in [1.54, 1.807) is 47.6 Å². The van der Waals surface area contributed by atoms with Gasteiger partial charge in [0.15, 0.2) is 0 Å². The van der Waals surface area contributed by atoms with E-state index in [0.29, 0.717) is 11.1 Å². The molecular weight excluding hydrogens is 458 g/mol. The zero-order valence-electron chi connectivity index (χ0n) is 21.7. The van der Waals surface area contributed by atoms with Crippen LogP contribution in [0.25, 0.3) is 0 Å². The van der Waals surface area contributed by atoms with Crippen molar-refractivity contribution in [3.63, 3.8) is 0 Å². The molecule has 2 atom stereocenters. The van der Waals surface area contributed by atoms with E-state index in [4.69, 9.17) is 11.2 Å². The Morgan fingerprint density at radius 3 is 2.25 bits per heavy atom. The molecule has 2 unspecified atom stereocenters. The van der Waals surface area contributed by atoms with E-state index in [9.17, 15) is 19.5 Å². The van der Waals surface area contributed by atoms with Crippen LogP contribution < -0.4 is 10.6 Å². The third kappa shape index (κ3) is 8.05. The molecule has 0 saturated carbocycles. The van der Waals surface area contributed by atoms with Crippen molar-refractivity contribution in [2.24, 2.45) is 0 Å². The van der Waals surface area contributed by atoms with Crippen LogP contribution in [0.5, 0.6) is 5.75 Å². The van der Waals surface area contributed by atoms with Gasteiger partial charge in [-0.2, -0.15) is 0 Å². The van der Waals surface area contributed by atoms with Gasteiger partial charge in [0.25, 0.3) is 5.91 Å². The topological polar surface area (TPSA) is 108 Å². The summed E-state index contributed by atoms with van der Waals surface area (Å²) in [5.41, 5.74) is 0.949. The highest BCUT2D eigenvalue weighted by Gasteiger charge is 2.36. The second-order valence-electron chi connectivity index (χ2n) is 9.84. The molecule has 0 spiro atoms. The number of hydrogen-bond acceptors (Lipinski definition) is 5. The third-order valence-electron chi connectivity index (χ3n) is 5.12. The Kier molecular flexibility index (Phi) is 9.51. The van der Waals surface area contributed by atoms with Crippen molar-refractivity contribution >= 4 is 17.9 Å². The summed E-state index contributed by atoms with van der Waals surface area (Å²) in [4.78, 5) is 40.7. The number of ether oxygens (including phenoxy) is 1. The van der Waals surface area contributed by atoms with Crippen LogP contribution in [0.15, 0.2) is 48.5 Å². The number of hydrogen-bond donors (Lipinski definition) is 3. The maximum atomic E-state index is 13.8. The van der Waals surface area contributed by atoms with E-state index in [2.05, 4.69) is 16.7 Å². The average molecular weight is 494 g/mol. The van der Waals surface area contributed by atoms with Crippen molar-refractivity contribution < 1.29 is 24.2 Å². The lowest BCUT2D eigenvalue weighted by molar-refractivity contribution is -0.138. The largest absolute Gasteiger partial charge is 0.508 e. The molecule has 0 heterocycles. The lowest BCUT2D eigenvalue weighted by atomic mass is 9.99. The van der Waals surface area contributed by atoms with Gasteiger partial charge in [-0.25, -0.2) is 4.79 Å². The van der Waals surface area contributed by atoms with Crippen LogP contribution in [0.2, 0.25) is 0 Å². The van der Waals surface area contributed by atoms with Gasteiger partial charge in [0, 0.05) is 18.5 Å². The minimum absolute atomic E-state index is 0.0499. The Bertz CT molecular complexity index is 1120. The zero-order chi connectivity index (χ0) is 27.0. The Balaban J connectivity index is 2.50.